The lowest BCUT2D eigenvalue weighted by atomic mass is 10.0. The third-order valence-electron chi connectivity index (χ3n) is 1.93. The van der Waals surface area contributed by atoms with Crippen LogP contribution in [0.1, 0.15) is 19.8 Å². The Morgan fingerprint density at radius 3 is 2.53 bits per heavy atom. The van der Waals surface area contributed by atoms with Gasteiger partial charge in [0.15, 0.2) is 6.10 Å². The van der Waals surface area contributed by atoms with Crippen molar-refractivity contribution in [2.24, 2.45) is 0 Å². The predicted octanol–water partition coefficient (Wildman–Crippen LogP) is -0.402. The van der Waals surface area contributed by atoms with Gasteiger partial charge in [0.25, 0.3) is 0 Å². The molecule has 0 amide bonds. The molecule has 0 saturated heterocycles. The summed E-state index contributed by atoms with van der Waals surface area (Å²) < 4.78 is 4.78. The molecule has 5 heteroatoms. The molecule has 0 radical (unpaired) electrons. The molecule has 0 rings (SSSR count). The summed E-state index contributed by atoms with van der Waals surface area (Å²) in [5, 5.41) is 27.4. The molecule has 0 spiro atoms. The second-order valence-electron chi connectivity index (χ2n) is 3.28. The van der Waals surface area contributed by atoms with Crippen molar-refractivity contribution in [2.75, 3.05) is 6.61 Å². The van der Waals surface area contributed by atoms with Crippen LogP contribution < -0.4 is 0 Å². The van der Waals surface area contributed by atoms with Gasteiger partial charge in [0, 0.05) is 12.7 Å². The quantitative estimate of drug-likeness (QED) is 0.400. The highest BCUT2D eigenvalue weighted by Crippen LogP contribution is 2.11. The number of aliphatic hydroxyl groups is 3. The van der Waals surface area contributed by atoms with E-state index in [4.69, 9.17) is 9.84 Å². The maximum atomic E-state index is 10.9. The van der Waals surface area contributed by atoms with Gasteiger partial charge in [-0.25, -0.2) is 4.79 Å². The summed E-state index contributed by atoms with van der Waals surface area (Å²) in [6.07, 6.45) is -1.33. The summed E-state index contributed by atoms with van der Waals surface area (Å²) in [5.74, 6) is -0.691. The topological polar surface area (TPSA) is 87.0 Å². The van der Waals surface area contributed by atoms with E-state index in [2.05, 4.69) is 6.58 Å². The number of rotatable bonds is 7. The standard InChI is InChI=1S/C10H18O5/c1-3-9(14)15-10(7(2)12)8(13)5-4-6-11/h3,7-8,10-13H,1,4-6H2,2H3. The lowest BCUT2D eigenvalue weighted by Gasteiger charge is -2.24. The fourth-order valence-electron chi connectivity index (χ4n) is 1.15. The first-order valence-electron chi connectivity index (χ1n) is 4.83. The van der Waals surface area contributed by atoms with Crippen molar-refractivity contribution >= 4 is 5.97 Å². The Balaban J connectivity index is 4.24. The normalized spacial score (nSPS) is 16.5. The Kier molecular flexibility index (Phi) is 6.94. The van der Waals surface area contributed by atoms with Crippen molar-refractivity contribution in [3.63, 3.8) is 0 Å². The van der Waals surface area contributed by atoms with Crippen LogP contribution in [-0.2, 0) is 9.53 Å². The van der Waals surface area contributed by atoms with Crippen LogP contribution in [0.3, 0.4) is 0 Å². The van der Waals surface area contributed by atoms with E-state index < -0.39 is 24.3 Å². The highest BCUT2D eigenvalue weighted by atomic mass is 16.6. The largest absolute Gasteiger partial charge is 0.454 e. The Labute approximate surface area is 89.0 Å². The van der Waals surface area contributed by atoms with Gasteiger partial charge in [-0.05, 0) is 19.8 Å². The summed E-state index contributed by atoms with van der Waals surface area (Å²) in [5.41, 5.74) is 0. The fraction of sp³-hybridized carbons (Fsp3) is 0.700. The Bertz CT molecular complexity index is 202. The SMILES string of the molecule is C=CC(=O)OC(C(C)O)C(O)CCCO. The minimum atomic E-state index is -0.985. The molecule has 0 aliphatic carbocycles. The molecule has 15 heavy (non-hydrogen) atoms. The van der Waals surface area contributed by atoms with Crippen molar-refractivity contribution < 1.29 is 24.9 Å². The van der Waals surface area contributed by atoms with E-state index in [0.29, 0.717) is 6.42 Å². The van der Waals surface area contributed by atoms with Crippen LogP contribution in [0.25, 0.3) is 0 Å². The van der Waals surface area contributed by atoms with Crippen LogP contribution in [0.5, 0.6) is 0 Å². The molecule has 88 valence electrons. The van der Waals surface area contributed by atoms with E-state index in [9.17, 15) is 15.0 Å². The molecule has 0 aromatic rings. The van der Waals surface area contributed by atoms with E-state index in [-0.39, 0.29) is 13.0 Å². The first-order valence-corrected chi connectivity index (χ1v) is 4.83. The van der Waals surface area contributed by atoms with Crippen molar-refractivity contribution in [2.45, 2.75) is 38.1 Å². The number of esters is 1. The number of carbonyl (C=O) groups excluding carboxylic acids is 1. The first-order chi connectivity index (χ1) is 7.02. The van der Waals surface area contributed by atoms with E-state index in [1.807, 2.05) is 0 Å². The predicted molar refractivity (Wildman–Crippen MR) is 54.1 cm³/mol. The highest BCUT2D eigenvalue weighted by molar-refractivity contribution is 5.81. The van der Waals surface area contributed by atoms with E-state index >= 15 is 0 Å². The first kappa shape index (κ1) is 14.1. The number of carbonyl (C=O) groups is 1. The Hall–Kier alpha value is -0.910. The summed E-state index contributed by atoms with van der Waals surface area (Å²) in [6, 6.07) is 0. The number of hydrogen-bond acceptors (Lipinski definition) is 5. The highest BCUT2D eigenvalue weighted by Gasteiger charge is 2.26. The van der Waals surface area contributed by atoms with Crippen molar-refractivity contribution in [1.29, 1.82) is 0 Å². The lowest BCUT2D eigenvalue weighted by molar-refractivity contribution is -0.158. The van der Waals surface area contributed by atoms with Gasteiger partial charge < -0.3 is 20.1 Å². The van der Waals surface area contributed by atoms with Gasteiger partial charge in [-0.2, -0.15) is 0 Å². The molecule has 0 aliphatic rings. The van der Waals surface area contributed by atoms with Crippen LogP contribution in [0.4, 0.5) is 0 Å². The molecule has 0 heterocycles. The number of hydrogen-bond donors (Lipinski definition) is 3. The van der Waals surface area contributed by atoms with Crippen LogP contribution in [0, 0.1) is 0 Å². The number of aliphatic hydroxyl groups excluding tert-OH is 3. The zero-order valence-corrected chi connectivity index (χ0v) is 8.80. The molecule has 0 fully saturated rings. The van der Waals surface area contributed by atoms with Crippen molar-refractivity contribution in [1.82, 2.24) is 0 Å². The zero-order valence-electron chi connectivity index (χ0n) is 8.80. The van der Waals surface area contributed by atoms with Gasteiger partial charge in [0.1, 0.15) is 0 Å². The summed E-state index contributed by atoms with van der Waals surface area (Å²) in [4.78, 5) is 10.9. The second-order valence-corrected chi connectivity index (χ2v) is 3.28. The molecule has 3 N–H and O–H groups in total. The number of ether oxygens (including phenoxy) is 1. The fourth-order valence-corrected chi connectivity index (χ4v) is 1.15. The smallest absolute Gasteiger partial charge is 0.330 e. The maximum Gasteiger partial charge on any atom is 0.330 e. The van der Waals surface area contributed by atoms with Crippen LogP contribution in [-0.4, -0.2) is 46.2 Å². The summed E-state index contributed by atoms with van der Waals surface area (Å²) in [6.45, 7) is 4.58. The molecule has 0 aliphatic heterocycles. The molecule has 0 aromatic carbocycles. The van der Waals surface area contributed by atoms with Gasteiger partial charge in [0.2, 0.25) is 0 Å². The monoisotopic (exact) mass is 218 g/mol. The van der Waals surface area contributed by atoms with Crippen molar-refractivity contribution in [3.8, 4) is 0 Å². The van der Waals surface area contributed by atoms with Crippen LogP contribution in [0.15, 0.2) is 12.7 Å². The molecule has 0 bridgehead atoms. The van der Waals surface area contributed by atoms with E-state index in [1.54, 1.807) is 0 Å². The average Bonchev–Trinajstić information content (AvgIpc) is 2.21. The zero-order chi connectivity index (χ0) is 11.8. The van der Waals surface area contributed by atoms with E-state index in [1.165, 1.54) is 6.92 Å². The van der Waals surface area contributed by atoms with Crippen LogP contribution in [0.2, 0.25) is 0 Å². The molecule has 3 atom stereocenters. The average molecular weight is 218 g/mol. The maximum absolute atomic E-state index is 10.9. The molecular formula is C10H18O5. The summed E-state index contributed by atoms with van der Waals surface area (Å²) >= 11 is 0. The molecule has 0 aromatic heterocycles. The summed E-state index contributed by atoms with van der Waals surface area (Å²) in [7, 11) is 0. The van der Waals surface area contributed by atoms with Gasteiger partial charge in [-0.3, -0.25) is 0 Å². The van der Waals surface area contributed by atoms with Gasteiger partial charge >= 0.3 is 5.97 Å². The molecule has 3 unspecified atom stereocenters. The minimum absolute atomic E-state index is 0.0566. The molecule has 0 saturated carbocycles. The van der Waals surface area contributed by atoms with Gasteiger partial charge in [-0.15, -0.1) is 0 Å². The van der Waals surface area contributed by atoms with Crippen LogP contribution >= 0.6 is 0 Å². The van der Waals surface area contributed by atoms with Gasteiger partial charge in [-0.1, -0.05) is 6.58 Å². The Morgan fingerprint density at radius 2 is 2.13 bits per heavy atom. The lowest BCUT2D eigenvalue weighted by Crippen LogP contribution is -2.39. The Morgan fingerprint density at radius 1 is 1.53 bits per heavy atom. The molecule has 5 nitrogen and oxygen atoms in total. The third-order valence-corrected chi connectivity index (χ3v) is 1.93. The minimum Gasteiger partial charge on any atom is -0.454 e. The van der Waals surface area contributed by atoms with Crippen molar-refractivity contribution in [3.05, 3.63) is 12.7 Å². The second kappa shape index (κ2) is 7.39. The van der Waals surface area contributed by atoms with E-state index in [0.717, 1.165) is 6.08 Å². The third kappa shape index (κ3) is 5.51. The molecular weight excluding hydrogens is 200 g/mol. The van der Waals surface area contributed by atoms with Gasteiger partial charge in [0.05, 0.1) is 12.2 Å².